The molecule has 1 aromatic carbocycles. The van der Waals surface area contributed by atoms with Crippen LogP contribution in [0.3, 0.4) is 0 Å². The van der Waals surface area contributed by atoms with Crippen molar-refractivity contribution >= 4 is 0 Å². The molecule has 0 amide bonds. The molecule has 0 aliphatic heterocycles. The molecule has 108 valence electrons. The Bertz CT molecular complexity index is 333. The maximum Gasteiger partial charge on any atom is 0.00774 e. The number of nitrogens with one attached hydrogen (secondary N) is 1. The highest BCUT2D eigenvalue weighted by Crippen LogP contribution is 2.34. The van der Waals surface area contributed by atoms with Gasteiger partial charge >= 0.3 is 0 Å². The van der Waals surface area contributed by atoms with Crippen molar-refractivity contribution < 1.29 is 0 Å². The van der Waals surface area contributed by atoms with Crippen molar-refractivity contribution in [3.8, 4) is 0 Å². The van der Waals surface area contributed by atoms with Crippen LogP contribution in [0.25, 0.3) is 0 Å². The van der Waals surface area contributed by atoms with E-state index < -0.39 is 0 Å². The molecule has 1 rings (SSSR count). The first kappa shape index (κ1) is 16.2. The van der Waals surface area contributed by atoms with Crippen molar-refractivity contribution in [1.29, 1.82) is 0 Å². The van der Waals surface area contributed by atoms with Gasteiger partial charge in [0.05, 0.1) is 0 Å². The molecule has 1 aromatic rings. The Balaban J connectivity index is 3.07. The van der Waals surface area contributed by atoms with Crippen molar-refractivity contribution in [3.05, 3.63) is 35.4 Å². The zero-order valence-corrected chi connectivity index (χ0v) is 13.4. The maximum atomic E-state index is 3.41. The Labute approximate surface area is 119 Å². The molecule has 0 radical (unpaired) electrons. The molecule has 1 N–H and O–H groups in total. The van der Waals surface area contributed by atoms with E-state index in [1.807, 2.05) is 0 Å². The summed E-state index contributed by atoms with van der Waals surface area (Å²) in [7, 11) is 2.07. The van der Waals surface area contributed by atoms with Gasteiger partial charge < -0.3 is 5.32 Å². The minimum absolute atomic E-state index is 0.313. The lowest BCUT2D eigenvalue weighted by molar-refractivity contribution is 0.344. The predicted molar refractivity (Wildman–Crippen MR) is 86.0 cm³/mol. The smallest absolute Gasteiger partial charge is 0.00774 e. The van der Waals surface area contributed by atoms with Gasteiger partial charge in [0.1, 0.15) is 0 Å². The molecule has 0 aromatic heterocycles. The zero-order valence-electron chi connectivity index (χ0n) is 13.4. The van der Waals surface area contributed by atoms with Crippen molar-refractivity contribution in [2.75, 3.05) is 13.6 Å². The molecule has 0 atom stereocenters. The topological polar surface area (TPSA) is 12.0 Å². The van der Waals surface area contributed by atoms with E-state index in [0.29, 0.717) is 11.3 Å². The SMILES string of the molecule is CCCC(CCC)(CNC)c1ccc(C(C)C)cc1. The molecule has 1 nitrogen and oxygen atoms in total. The fraction of sp³-hybridized carbons (Fsp3) is 0.667. The highest BCUT2D eigenvalue weighted by molar-refractivity contribution is 5.31. The van der Waals surface area contributed by atoms with Crippen LogP contribution >= 0.6 is 0 Å². The van der Waals surface area contributed by atoms with E-state index in [1.54, 1.807) is 0 Å². The number of likely N-dealkylation sites (N-methyl/N-ethyl adjacent to an activating group) is 1. The number of hydrogen-bond acceptors (Lipinski definition) is 1. The van der Waals surface area contributed by atoms with Crippen molar-refractivity contribution in [3.63, 3.8) is 0 Å². The summed E-state index contributed by atoms with van der Waals surface area (Å²) in [5.74, 6) is 0.616. The number of rotatable bonds is 8. The Hall–Kier alpha value is -0.820. The summed E-state index contributed by atoms with van der Waals surface area (Å²) in [5.41, 5.74) is 3.26. The van der Waals surface area contributed by atoms with Gasteiger partial charge in [0.15, 0.2) is 0 Å². The Morgan fingerprint density at radius 3 is 1.89 bits per heavy atom. The van der Waals surface area contributed by atoms with E-state index in [4.69, 9.17) is 0 Å². The highest BCUT2D eigenvalue weighted by Gasteiger charge is 2.29. The first-order valence-corrected chi connectivity index (χ1v) is 7.84. The molecule has 0 saturated carbocycles. The average molecular weight is 261 g/mol. The van der Waals surface area contributed by atoms with Crippen LogP contribution in [-0.2, 0) is 5.41 Å². The third-order valence-electron chi connectivity index (χ3n) is 4.16. The lowest BCUT2D eigenvalue weighted by atomic mass is 9.73. The lowest BCUT2D eigenvalue weighted by Gasteiger charge is -2.34. The van der Waals surface area contributed by atoms with Crippen LogP contribution in [-0.4, -0.2) is 13.6 Å². The van der Waals surface area contributed by atoms with E-state index >= 15 is 0 Å². The van der Waals surface area contributed by atoms with Crippen LogP contribution in [0.4, 0.5) is 0 Å². The van der Waals surface area contributed by atoms with Crippen molar-refractivity contribution in [2.45, 2.75) is 64.7 Å². The van der Waals surface area contributed by atoms with Gasteiger partial charge in [-0.2, -0.15) is 0 Å². The lowest BCUT2D eigenvalue weighted by Crippen LogP contribution is -2.36. The van der Waals surface area contributed by atoms with Crippen LogP contribution in [0, 0.1) is 0 Å². The van der Waals surface area contributed by atoms with Crippen molar-refractivity contribution in [2.24, 2.45) is 0 Å². The quantitative estimate of drug-likeness (QED) is 0.704. The van der Waals surface area contributed by atoms with E-state index in [0.717, 1.165) is 6.54 Å². The highest BCUT2D eigenvalue weighted by atomic mass is 14.8. The molecule has 0 spiro atoms. The van der Waals surface area contributed by atoms with Crippen molar-refractivity contribution in [1.82, 2.24) is 5.32 Å². The molecule has 0 aliphatic rings. The molecule has 0 aliphatic carbocycles. The van der Waals surface area contributed by atoms with Crippen LogP contribution in [0.15, 0.2) is 24.3 Å². The zero-order chi connectivity index (χ0) is 14.3. The Kier molecular flexibility index (Phi) is 6.57. The third kappa shape index (κ3) is 4.07. The molecule has 0 unspecified atom stereocenters. The second-order valence-electron chi connectivity index (χ2n) is 6.09. The van der Waals surface area contributed by atoms with Gasteiger partial charge in [0.2, 0.25) is 0 Å². The summed E-state index contributed by atoms with van der Waals surface area (Å²) >= 11 is 0. The number of benzene rings is 1. The summed E-state index contributed by atoms with van der Waals surface area (Å²) in [6.45, 7) is 10.2. The average Bonchev–Trinajstić information content (AvgIpc) is 2.39. The first-order chi connectivity index (χ1) is 9.09. The van der Waals surface area contributed by atoms with Gasteiger partial charge in [0.25, 0.3) is 0 Å². The molecule has 0 bridgehead atoms. The minimum atomic E-state index is 0.313. The van der Waals surface area contributed by atoms with Crippen LogP contribution in [0.5, 0.6) is 0 Å². The van der Waals surface area contributed by atoms with Gasteiger partial charge in [0, 0.05) is 12.0 Å². The van der Waals surface area contributed by atoms with Crippen LogP contribution < -0.4 is 5.32 Å². The molecule has 1 heteroatoms. The van der Waals surface area contributed by atoms with E-state index in [2.05, 4.69) is 64.3 Å². The first-order valence-electron chi connectivity index (χ1n) is 7.84. The molecule has 0 fully saturated rings. The second-order valence-corrected chi connectivity index (χ2v) is 6.09. The van der Waals surface area contributed by atoms with Gasteiger partial charge in [-0.1, -0.05) is 64.8 Å². The fourth-order valence-electron chi connectivity index (χ4n) is 3.21. The largest absolute Gasteiger partial charge is 0.319 e. The van der Waals surface area contributed by atoms with Gasteiger partial charge in [-0.3, -0.25) is 0 Å². The Morgan fingerprint density at radius 2 is 1.53 bits per heavy atom. The molecule has 0 heterocycles. The van der Waals surface area contributed by atoms with Crippen LogP contribution in [0.2, 0.25) is 0 Å². The summed E-state index contributed by atoms with van der Waals surface area (Å²) < 4.78 is 0. The van der Waals surface area contributed by atoms with E-state index in [-0.39, 0.29) is 0 Å². The summed E-state index contributed by atoms with van der Waals surface area (Å²) in [4.78, 5) is 0. The number of hydrogen-bond donors (Lipinski definition) is 1. The van der Waals surface area contributed by atoms with Gasteiger partial charge in [-0.15, -0.1) is 0 Å². The monoisotopic (exact) mass is 261 g/mol. The summed E-state index contributed by atoms with van der Waals surface area (Å²) in [6, 6.07) is 9.35. The standard InChI is InChI=1S/C18H31N/c1-6-12-18(13-7-2,14-19-5)17-10-8-16(9-11-17)15(3)4/h8-11,15,19H,6-7,12-14H2,1-5H3. The minimum Gasteiger partial charge on any atom is -0.319 e. The fourth-order valence-corrected chi connectivity index (χ4v) is 3.21. The molecule has 19 heavy (non-hydrogen) atoms. The summed E-state index contributed by atoms with van der Waals surface area (Å²) in [6.07, 6.45) is 5.02. The summed E-state index contributed by atoms with van der Waals surface area (Å²) in [5, 5.41) is 3.41. The van der Waals surface area contributed by atoms with Gasteiger partial charge in [-0.05, 0) is 36.9 Å². The van der Waals surface area contributed by atoms with Crippen LogP contribution in [0.1, 0.15) is 70.4 Å². The normalized spacial score (nSPS) is 12.1. The van der Waals surface area contributed by atoms with E-state index in [9.17, 15) is 0 Å². The third-order valence-corrected chi connectivity index (χ3v) is 4.16. The molecular weight excluding hydrogens is 230 g/mol. The van der Waals surface area contributed by atoms with E-state index in [1.165, 1.54) is 36.8 Å². The van der Waals surface area contributed by atoms with Gasteiger partial charge in [-0.25, -0.2) is 0 Å². The maximum absolute atomic E-state index is 3.41. The Morgan fingerprint density at radius 1 is 1.00 bits per heavy atom. The molecule has 0 saturated heterocycles. The predicted octanol–water partition coefficient (Wildman–Crippen LogP) is 4.87. The molecular formula is C18H31N. The second kappa shape index (κ2) is 7.69.